The Morgan fingerprint density at radius 1 is 1.17 bits per heavy atom. The molecule has 1 N–H and O–H groups in total. The summed E-state index contributed by atoms with van der Waals surface area (Å²) in [5, 5.41) is 3.27. The van der Waals surface area contributed by atoms with E-state index in [0.717, 1.165) is 55.8 Å². The molecule has 1 aliphatic carbocycles. The van der Waals surface area contributed by atoms with E-state index in [1.165, 1.54) is 12.8 Å². The predicted octanol–water partition coefficient (Wildman–Crippen LogP) is 3.28. The molecule has 3 rings (SSSR count). The van der Waals surface area contributed by atoms with Crippen LogP contribution in [-0.2, 0) is 11.3 Å². The summed E-state index contributed by atoms with van der Waals surface area (Å²) in [6, 6.07) is 9.87. The first-order valence-corrected chi connectivity index (χ1v) is 8.86. The number of ether oxygens (including phenoxy) is 1. The molecule has 0 bridgehead atoms. The van der Waals surface area contributed by atoms with E-state index in [4.69, 9.17) is 4.74 Å². The van der Waals surface area contributed by atoms with Crippen LogP contribution in [0.4, 0.5) is 4.79 Å². The van der Waals surface area contributed by atoms with Gasteiger partial charge in [-0.25, -0.2) is 4.79 Å². The van der Waals surface area contributed by atoms with Gasteiger partial charge in [0.2, 0.25) is 0 Å². The lowest BCUT2D eigenvalue weighted by atomic mass is 9.66. The Morgan fingerprint density at radius 3 is 2.52 bits per heavy atom. The number of carbonyl (C=O) groups is 1. The largest absolute Gasteiger partial charge is 0.445 e. The van der Waals surface area contributed by atoms with Crippen molar-refractivity contribution < 1.29 is 9.53 Å². The first-order valence-electron chi connectivity index (χ1n) is 8.86. The monoisotopic (exact) mass is 316 g/mol. The minimum Gasteiger partial charge on any atom is -0.445 e. The maximum atomic E-state index is 12.2. The highest BCUT2D eigenvalue weighted by Crippen LogP contribution is 2.42. The third-order valence-electron chi connectivity index (χ3n) is 5.43. The van der Waals surface area contributed by atoms with Gasteiger partial charge < -0.3 is 15.0 Å². The summed E-state index contributed by atoms with van der Waals surface area (Å²) in [4.78, 5) is 14.0. The molecular weight excluding hydrogens is 288 g/mol. The summed E-state index contributed by atoms with van der Waals surface area (Å²) in [6.07, 6.45) is 4.84. The quantitative estimate of drug-likeness (QED) is 0.906. The van der Waals surface area contributed by atoms with Gasteiger partial charge in [0.15, 0.2) is 0 Å². The van der Waals surface area contributed by atoms with E-state index in [0.29, 0.717) is 6.61 Å². The third-order valence-corrected chi connectivity index (χ3v) is 5.43. The van der Waals surface area contributed by atoms with Crippen molar-refractivity contribution in [3.05, 3.63) is 35.9 Å². The Hall–Kier alpha value is -1.55. The number of nitrogens with zero attached hydrogens (tertiary/aromatic N) is 1. The van der Waals surface area contributed by atoms with Crippen molar-refractivity contribution in [1.82, 2.24) is 10.2 Å². The van der Waals surface area contributed by atoms with Crippen LogP contribution in [0.5, 0.6) is 0 Å². The first-order chi connectivity index (χ1) is 11.3. The number of likely N-dealkylation sites (tertiary alicyclic amines) is 1. The van der Waals surface area contributed by atoms with Gasteiger partial charge >= 0.3 is 6.09 Å². The molecule has 0 radical (unpaired) electrons. The molecule has 1 aromatic rings. The number of piperidine rings is 1. The van der Waals surface area contributed by atoms with Crippen molar-refractivity contribution in [2.75, 3.05) is 26.7 Å². The van der Waals surface area contributed by atoms with Crippen LogP contribution < -0.4 is 5.32 Å². The minimum atomic E-state index is -0.158. The molecule has 2 fully saturated rings. The zero-order chi connectivity index (χ0) is 16.1. The molecule has 1 aromatic carbocycles. The smallest absolute Gasteiger partial charge is 0.410 e. The maximum Gasteiger partial charge on any atom is 0.410 e. The van der Waals surface area contributed by atoms with Crippen molar-refractivity contribution >= 4 is 6.09 Å². The molecule has 2 aliphatic rings. The van der Waals surface area contributed by atoms with Crippen molar-refractivity contribution in [2.24, 2.45) is 17.8 Å². The number of hydrogen-bond acceptors (Lipinski definition) is 3. The van der Waals surface area contributed by atoms with Crippen LogP contribution in [0.1, 0.15) is 31.2 Å². The topological polar surface area (TPSA) is 41.6 Å². The lowest BCUT2D eigenvalue weighted by molar-refractivity contribution is 0.0513. The molecule has 4 heteroatoms. The molecule has 1 saturated heterocycles. The summed E-state index contributed by atoms with van der Waals surface area (Å²) < 4.78 is 5.43. The number of benzene rings is 1. The highest BCUT2D eigenvalue weighted by atomic mass is 16.6. The lowest BCUT2D eigenvalue weighted by Gasteiger charge is -2.43. The second-order valence-electron chi connectivity index (χ2n) is 7.02. The van der Waals surface area contributed by atoms with E-state index in [1.54, 1.807) is 0 Å². The Balaban J connectivity index is 1.36. The van der Waals surface area contributed by atoms with Gasteiger partial charge in [0, 0.05) is 13.1 Å². The van der Waals surface area contributed by atoms with E-state index in [9.17, 15) is 4.79 Å². The van der Waals surface area contributed by atoms with Gasteiger partial charge in [-0.2, -0.15) is 0 Å². The molecule has 1 heterocycles. The van der Waals surface area contributed by atoms with Gasteiger partial charge in [0.05, 0.1) is 0 Å². The fourth-order valence-corrected chi connectivity index (χ4v) is 3.99. The molecule has 23 heavy (non-hydrogen) atoms. The highest BCUT2D eigenvalue weighted by molar-refractivity contribution is 5.67. The Morgan fingerprint density at radius 2 is 1.87 bits per heavy atom. The van der Waals surface area contributed by atoms with Gasteiger partial charge in [0.1, 0.15) is 6.61 Å². The maximum absolute atomic E-state index is 12.2. The summed E-state index contributed by atoms with van der Waals surface area (Å²) in [5.74, 6) is 2.57. The van der Waals surface area contributed by atoms with Gasteiger partial charge in [0.25, 0.3) is 0 Å². The second-order valence-corrected chi connectivity index (χ2v) is 7.02. The standard InChI is InChI=1S/C19H28N2O2/c1-20-13-16-11-18(12-16)17-7-9-21(10-8-17)19(22)23-14-15-5-3-2-4-6-15/h2-6,16-18,20H,7-14H2,1H3. The minimum absolute atomic E-state index is 0.158. The number of rotatable bonds is 5. The van der Waals surface area contributed by atoms with Crippen LogP contribution in [0.25, 0.3) is 0 Å². The Kier molecular flexibility index (Phi) is 5.55. The van der Waals surface area contributed by atoms with Crippen molar-refractivity contribution in [3.8, 4) is 0 Å². The number of nitrogens with one attached hydrogen (secondary N) is 1. The molecule has 0 aromatic heterocycles. The lowest BCUT2D eigenvalue weighted by Crippen LogP contribution is -2.43. The fourth-order valence-electron chi connectivity index (χ4n) is 3.99. The summed E-state index contributed by atoms with van der Waals surface area (Å²) >= 11 is 0. The van der Waals surface area contributed by atoms with Crippen LogP contribution in [-0.4, -0.2) is 37.7 Å². The SMILES string of the molecule is CNCC1CC(C2CCN(C(=O)OCc3ccccc3)CC2)C1. The van der Waals surface area contributed by atoms with Gasteiger partial charge in [-0.15, -0.1) is 0 Å². The van der Waals surface area contributed by atoms with Crippen molar-refractivity contribution in [1.29, 1.82) is 0 Å². The van der Waals surface area contributed by atoms with E-state index in [2.05, 4.69) is 5.32 Å². The number of hydrogen-bond donors (Lipinski definition) is 1. The van der Waals surface area contributed by atoms with Gasteiger partial charge in [-0.3, -0.25) is 0 Å². The highest BCUT2D eigenvalue weighted by Gasteiger charge is 2.36. The molecule has 0 unspecified atom stereocenters. The average Bonchev–Trinajstić information content (AvgIpc) is 2.57. The summed E-state index contributed by atoms with van der Waals surface area (Å²) in [6.45, 7) is 3.23. The van der Waals surface area contributed by atoms with Crippen LogP contribution in [0.15, 0.2) is 30.3 Å². The van der Waals surface area contributed by atoms with Crippen molar-refractivity contribution in [2.45, 2.75) is 32.3 Å². The van der Waals surface area contributed by atoms with Crippen LogP contribution >= 0.6 is 0 Å². The summed E-state index contributed by atoms with van der Waals surface area (Å²) in [5.41, 5.74) is 1.04. The second kappa shape index (κ2) is 7.82. The van der Waals surface area contributed by atoms with E-state index < -0.39 is 0 Å². The van der Waals surface area contributed by atoms with Crippen LogP contribution in [0, 0.1) is 17.8 Å². The molecule has 1 amide bonds. The van der Waals surface area contributed by atoms with E-state index in [-0.39, 0.29) is 6.09 Å². The van der Waals surface area contributed by atoms with Gasteiger partial charge in [-0.1, -0.05) is 30.3 Å². The predicted molar refractivity (Wildman–Crippen MR) is 91.1 cm³/mol. The van der Waals surface area contributed by atoms with Gasteiger partial charge in [-0.05, 0) is 62.6 Å². The average molecular weight is 316 g/mol. The first kappa shape index (κ1) is 16.3. The third kappa shape index (κ3) is 4.25. The molecule has 0 atom stereocenters. The molecular formula is C19H28N2O2. The van der Waals surface area contributed by atoms with E-state index in [1.807, 2.05) is 42.3 Å². The van der Waals surface area contributed by atoms with Crippen LogP contribution in [0.3, 0.4) is 0 Å². The van der Waals surface area contributed by atoms with Crippen molar-refractivity contribution in [3.63, 3.8) is 0 Å². The zero-order valence-corrected chi connectivity index (χ0v) is 14.0. The van der Waals surface area contributed by atoms with Crippen LogP contribution in [0.2, 0.25) is 0 Å². The summed E-state index contributed by atoms with van der Waals surface area (Å²) in [7, 11) is 2.03. The zero-order valence-electron chi connectivity index (χ0n) is 14.0. The molecule has 126 valence electrons. The van der Waals surface area contributed by atoms with E-state index >= 15 is 0 Å². The normalized spacial score (nSPS) is 25.0. The number of amides is 1. The Labute approximate surface area is 139 Å². The molecule has 0 spiro atoms. The fraction of sp³-hybridized carbons (Fsp3) is 0.632. The molecule has 1 saturated carbocycles. The Bertz CT molecular complexity index is 491. The molecule has 4 nitrogen and oxygen atoms in total. The number of carbonyl (C=O) groups excluding carboxylic acids is 1. The molecule has 1 aliphatic heterocycles.